The molecule has 17 heavy (non-hydrogen) atoms. The molecule has 5 heteroatoms. The lowest BCUT2D eigenvalue weighted by Gasteiger charge is -2.02. The molecule has 0 aliphatic heterocycles. The van der Waals surface area contributed by atoms with Crippen LogP contribution in [0.1, 0.15) is 11.3 Å². The van der Waals surface area contributed by atoms with Gasteiger partial charge < -0.3 is 4.98 Å². The number of fused-ring (bicyclic) bond motifs is 1. The summed E-state index contributed by atoms with van der Waals surface area (Å²) in [4.78, 5) is 3.24. The Balaban J connectivity index is 2.09. The Hall–Kier alpha value is -1.33. The van der Waals surface area contributed by atoms with E-state index in [1.54, 1.807) is 0 Å². The van der Waals surface area contributed by atoms with Crippen LogP contribution < -0.4 is 0 Å². The summed E-state index contributed by atoms with van der Waals surface area (Å²) in [7, 11) is -3.34. The highest BCUT2D eigenvalue weighted by molar-refractivity contribution is 7.85. The van der Waals surface area contributed by atoms with Crippen molar-refractivity contribution >= 4 is 21.0 Å². The fourth-order valence-corrected chi connectivity index (χ4v) is 2.18. The van der Waals surface area contributed by atoms with E-state index in [-0.39, 0.29) is 6.61 Å². The van der Waals surface area contributed by atoms with Gasteiger partial charge >= 0.3 is 0 Å². The molecule has 0 radical (unpaired) electrons. The number of aromatic amines is 1. The highest BCUT2D eigenvalue weighted by atomic mass is 32.2. The molecule has 0 saturated heterocycles. The second-order valence-corrected chi connectivity index (χ2v) is 5.79. The number of aryl methyl sites for hydroxylation is 1. The molecule has 1 heterocycles. The maximum atomic E-state index is 10.8. The maximum absolute atomic E-state index is 10.8. The molecule has 0 bridgehead atoms. The van der Waals surface area contributed by atoms with Gasteiger partial charge in [0, 0.05) is 11.2 Å². The lowest BCUT2D eigenvalue weighted by molar-refractivity contribution is 0.326. The van der Waals surface area contributed by atoms with Gasteiger partial charge in [-0.05, 0) is 42.5 Å². The molecule has 0 aliphatic carbocycles. The fraction of sp³-hybridized carbons (Fsp3) is 0.333. The predicted molar refractivity (Wildman–Crippen MR) is 67.5 cm³/mol. The number of H-pyrrole nitrogens is 1. The van der Waals surface area contributed by atoms with Crippen molar-refractivity contribution in [1.29, 1.82) is 0 Å². The summed E-state index contributed by atoms with van der Waals surface area (Å²) in [6.07, 6.45) is 1.65. The summed E-state index contributed by atoms with van der Waals surface area (Å²) in [5, 5.41) is 1.14. The number of hydrogen-bond acceptors (Lipinski definition) is 3. The first-order valence-corrected chi connectivity index (χ1v) is 7.18. The average molecular weight is 253 g/mol. The molecule has 0 spiro atoms. The Bertz CT molecular complexity index is 628. The zero-order valence-electron chi connectivity index (χ0n) is 9.86. The summed E-state index contributed by atoms with van der Waals surface area (Å²) in [6, 6.07) is 8.09. The van der Waals surface area contributed by atoms with Crippen LogP contribution in [-0.4, -0.2) is 26.3 Å². The smallest absolute Gasteiger partial charge is 0.264 e. The van der Waals surface area contributed by atoms with E-state index < -0.39 is 10.1 Å². The van der Waals surface area contributed by atoms with Gasteiger partial charge in [-0.25, -0.2) is 0 Å². The summed E-state index contributed by atoms with van der Waals surface area (Å²) in [6.45, 7) is 2.19. The Labute approximate surface area is 101 Å². The standard InChI is InChI=1S/C12H15NO3S/c1-9-7-11-8-10(3-4-12(11)13-9)5-6-16-17(2,14)15/h3-4,7-8,13H,5-6H2,1-2H3. The van der Waals surface area contributed by atoms with Crippen LogP contribution in [0.4, 0.5) is 0 Å². The van der Waals surface area contributed by atoms with Gasteiger partial charge in [-0.2, -0.15) is 8.42 Å². The molecule has 0 saturated carbocycles. The lowest BCUT2D eigenvalue weighted by Crippen LogP contribution is -2.06. The largest absolute Gasteiger partial charge is 0.359 e. The van der Waals surface area contributed by atoms with Crippen LogP contribution in [0.3, 0.4) is 0 Å². The minimum atomic E-state index is -3.34. The molecule has 0 aliphatic rings. The third-order valence-electron chi connectivity index (χ3n) is 2.51. The predicted octanol–water partition coefficient (Wildman–Crippen LogP) is 2.00. The SMILES string of the molecule is Cc1cc2cc(CCOS(C)(=O)=O)ccc2[nH]1. The Morgan fingerprint density at radius 2 is 2.06 bits per heavy atom. The van der Waals surface area contributed by atoms with Crippen LogP contribution in [0.2, 0.25) is 0 Å². The number of hydrogen-bond donors (Lipinski definition) is 1. The molecular weight excluding hydrogens is 238 g/mol. The van der Waals surface area contributed by atoms with Gasteiger partial charge in [0.05, 0.1) is 12.9 Å². The van der Waals surface area contributed by atoms with E-state index in [1.807, 2.05) is 25.1 Å². The first-order chi connectivity index (χ1) is 7.94. The van der Waals surface area contributed by atoms with Crippen molar-refractivity contribution in [2.45, 2.75) is 13.3 Å². The van der Waals surface area contributed by atoms with Crippen LogP contribution >= 0.6 is 0 Å². The van der Waals surface area contributed by atoms with Crippen LogP contribution in [0.25, 0.3) is 10.9 Å². The minimum absolute atomic E-state index is 0.188. The zero-order chi connectivity index (χ0) is 12.5. The second kappa shape index (κ2) is 4.50. The third kappa shape index (κ3) is 3.31. The highest BCUT2D eigenvalue weighted by Crippen LogP contribution is 2.17. The number of nitrogens with one attached hydrogen (secondary N) is 1. The van der Waals surface area contributed by atoms with Crippen molar-refractivity contribution in [1.82, 2.24) is 4.98 Å². The van der Waals surface area contributed by atoms with Gasteiger partial charge in [0.2, 0.25) is 0 Å². The molecule has 0 unspecified atom stereocenters. The molecule has 0 fully saturated rings. The topological polar surface area (TPSA) is 59.2 Å². The van der Waals surface area contributed by atoms with Crippen LogP contribution in [0, 0.1) is 6.92 Å². The number of rotatable bonds is 4. The second-order valence-electron chi connectivity index (χ2n) is 4.15. The minimum Gasteiger partial charge on any atom is -0.359 e. The van der Waals surface area contributed by atoms with Gasteiger partial charge in [-0.15, -0.1) is 0 Å². The van der Waals surface area contributed by atoms with Crippen molar-refractivity contribution < 1.29 is 12.6 Å². The molecule has 2 aromatic rings. The maximum Gasteiger partial charge on any atom is 0.264 e. The molecule has 0 amide bonds. The summed E-state index contributed by atoms with van der Waals surface area (Å²) in [5.74, 6) is 0. The van der Waals surface area contributed by atoms with E-state index in [0.717, 1.165) is 28.4 Å². The average Bonchev–Trinajstić information content (AvgIpc) is 2.55. The van der Waals surface area contributed by atoms with Crippen LogP contribution in [0.5, 0.6) is 0 Å². The van der Waals surface area contributed by atoms with Gasteiger partial charge in [0.15, 0.2) is 0 Å². The molecule has 1 aromatic carbocycles. The van der Waals surface area contributed by atoms with Crippen molar-refractivity contribution in [2.24, 2.45) is 0 Å². The summed E-state index contributed by atoms with van der Waals surface area (Å²) in [5.41, 5.74) is 3.28. The summed E-state index contributed by atoms with van der Waals surface area (Å²) < 4.78 is 26.3. The Morgan fingerprint density at radius 1 is 1.29 bits per heavy atom. The number of benzene rings is 1. The van der Waals surface area contributed by atoms with Gasteiger partial charge in [-0.3, -0.25) is 4.18 Å². The normalized spacial score (nSPS) is 12.1. The van der Waals surface area contributed by atoms with Gasteiger partial charge in [0.1, 0.15) is 0 Å². The van der Waals surface area contributed by atoms with E-state index in [1.165, 1.54) is 0 Å². The lowest BCUT2D eigenvalue weighted by atomic mass is 10.1. The monoisotopic (exact) mass is 253 g/mol. The summed E-state index contributed by atoms with van der Waals surface area (Å²) >= 11 is 0. The zero-order valence-corrected chi connectivity index (χ0v) is 10.7. The molecule has 2 rings (SSSR count). The van der Waals surface area contributed by atoms with E-state index in [0.29, 0.717) is 6.42 Å². The molecule has 0 atom stereocenters. The van der Waals surface area contributed by atoms with E-state index in [4.69, 9.17) is 4.18 Å². The van der Waals surface area contributed by atoms with Crippen molar-refractivity contribution in [3.8, 4) is 0 Å². The van der Waals surface area contributed by atoms with Gasteiger partial charge in [0.25, 0.3) is 10.1 Å². The van der Waals surface area contributed by atoms with E-state index >= 15 is 0 Å². The van der Waals surface area contributed by atoms with Crippen LogP contribution in [-0.2, 0) is 20.7 Å². The first kappa shape index (κ1) is 12.1. The highest BCUT2D eigenvalue weighted by Gasteiger charge is 2.03. The molecule has 1 aromatic heterocycles. The van der Waals surface area contributed by atoms with Crippen LogP contribution in [0.15, 0.2) is 24.3 Å². The molecule has 4 nitrogen and oxygen atoms in total. The Kier molecular flexibility index (Phi) is 3.22. The molecule has 92 valence electrons. The van der Waals surface area contributed by atoms with E-state index in [9.17, 15) is 8.42 Å². The third-order valence-corrected chi connectivity index (χ3v) is 3.10. The number of aromatic nitrogens is 1. The fourth-order valence-electron chi connectivity index (χ4n) is 1.79. The Morgan fingerprint density at radius 3 is 2.76 bits per heavy atom. The molecule has 1 N–H and O–H groups in total. The molecular formula is C12H15NO3S. The van der Waals surface area contributed by atoms with Gasteiger partial charge in [-0.1, -0.05) is 6.07 Å². The van der Waals surface area contributed by atoms with E-state index in [2.05, 4.69) is 11.1 Å². The van der Waals surface area contributed by atoms with Crippen molar-refractivity contribution in [3.05, 3.63) is 35.5 Å². The quantitative estimate of drug-likeness (QED) is 0.848. The van der Waals surface area contributed by atoms with Crippen molar-refractivity contribution in [2.75, 3.05) is 12.9 Å². The first-order valence-electron chi connectivity index (χ1n) is 5.37. The van der Waals surface area contributed by atoms with Crippen molar-refractivity contribution in [3.63, 3.8) is 0 Å².